The summed E-state index contributed by atoms with van der Waals surface area (Å²) in [6, 6.07) is 2.42. The Morgan fingerprint density at radius 3 is 3.00 bits per heavy atom. The summed E-state index contributed by atoms with van der Waals surface area (Å²) >= 11 is 0. The van der Waals surface area contributed by atoms with Gasteiger partial charge in [0.25, 0.3) is 0 Å². The predicted molar refractivity (Wildman–Crippen MR) is 61.6 cm³/mol. The summed E-state index contributed by atoms with van der Waals surface area (Å²) in [5.41, 5.74) is -0.365. The zero-order valence-electron chi connectivity index (χ0n) is 10.1. The van der Waals surface area contributed by atoms with E-state index in [1.165, 1.54) is 0 Å². The average Bonchev–Trinajstić information content (AvgIpc) is 2.83. The summed E-state index contributed by atoms with van der Waals surface area (Å²) in [6.45, 7) is 5.88. The van der Waals surface area contributed by atoms with Gasteiger partial charge < -0.3 is 4.74 Å². The maximum atomic E-state index is 12.2. The van der Waals surface area contributed by atoms with Crippen LogP contribution < -0.4 is 0 Å². The number of nitrogens with zero attached hydrogens (tertiary/aromatic N) is 1. The normalized spacial score (nSPS) is 51.5. The topological polar surface area (TPSA) is 50.1 Å². The van der Waals surface area contributed by atoms with Crippen molar-refractivity contribution >= 4 is 5.97 Å². The van der Waals surface area contributed by atoms with Crippen LogP contribution in [-0.2, 0) is 9.53 Å². The maximum Gasteiger partial charge on any atom is 0.312 e. The Labute approximate surface area is 101 Å². The van der Waals surface area contributed by atoms with Gasteiger partial charge in [-0.2, -0.15) is 5.26 Å². The third-order valence-electron chi connectivity index (χ3n) is 5.19. The van der Waals surface area contributed by atoms with E-state index in [1.807, 2.05) is 13.0 Å². The summed E-state index contributed by atoms with van der Waals surface area (Å²) in [5, 5.41) is 9.37. The molecule has 3 fully saturated rings. The summed E-state index contributed by atoms with van der Waals surface area (Å²) in [5.74, 6) is 0.629. The van der Waals surface area contributed by atoms with Crippen LogP contribution in [0.25, 0.3) is 0 Å². The molecule has 3 aliphatic rings. The van der Waals surface area contributed by atoms with Gasteiger partial charge in [0.1, 0.15) is 6.10 Å². The van der Waals surface area contributed by atoms with Gasteiger partial charge in [0.2, 0.25) is 0 Å². The van der Waals surface area contributed by atoms with Crippen LogP contribution >= 0.6 is 0 Å². The SMILES string of the molecule is C=C[C@H]1C[C@H]2[C@@H](C#N)[C@H](C)[C@H]3C[C@]2(C1)C(=O)O3. The van der Waals surface area contributed by atoms with Gasteiger partial charge in [-0.05, 0) is 24.7 Å². The van der Waals surface area contributed by atoms with E-state index in [4.69, 9.17) is 4.74 Å². The molecule has 0 unspecified atom stereocenters. The molecule has 17 heavy (non-hydrogen) atoms. The van der Waals surface area contributed by atoms with Crippen molar-refractivity contribution in [3.8, 4) is 6.07 Å². The van der Waals surface area contributed by atoms with Gasteiger partial charge in [-0.1, -0.05) is 13.0 Å². The highest BCUT2D eigenvalue weighted by Crippen LogP contribution is 2.62. The molecule has 2 aliphatic carbocycles. The second-order valence-corrected chi connectivity index (χ2v) is 5.86. The van der Waals surface area contributed by atoms with Crippen LogP contribution in [0.4, 0.5) is 0 Å². The molecule has 0 N–H and O–H groups in total. The zero-order valence-corrected chi connectivity index (χ0v) is 10.1. The first-order chi connectivity index (χ1) is 8.12. The fourth-order valence-electron chi connectivity index (χ4n) is 4.23. The van der Waals surface area contributed by atoms with Gasteiger partial charge in [0, 0.05) is 12.3 Å². The predicted octanol–water partition coefficient (Wildman–Crippen LogP) is 2.29. The molecule has 0 amide bonds. The standard InChI is InChI=1S/C14H17NO2/c1-3-9-4-11-10(7-15)8(2)12-6-14(11,5-9)13(16)17-12/h3,8-12H,1,4-6H2,2H3/t8-,9-,10-,11-,12+,14-/m0/s1. The molecule has 1 saturated heterocycles. The van der Waals surface area contributed by atoms with E-state index in [1.54, 1.807) is 0 Å². The fourth-order valence-corrected chi connectivity index (χ4v) is 4.23. The highest BCUT2D eigenvalue weighted by molar-refractivity contribution is 5.80. The van der Waals surface area contributed by atoms with Crippen LogP contribution in [0.1, 0.15) is 26.2 Å². The lowest BCUT2D eigenvalue weighted by molar-refractivity contribution is -0.149. The molecule has 0 aromatic rings. The molecule has 3 nitrogen and oxygen atoms in total. The average molecular weight is 231 g/mol. The molecule has 2 saturated carbocycles. The molecule has 3 heteroatoms. The highest BCUT2D eigenvalue weighted by Gasteiger charge is 2.65. The smallest absolute Gasteiger partial charge is 0.312 e. The van der Waals surface area contributed by atoms with Crippen molar-refractivity contribution in [1.29, 1.82) is 5.26 Å². The molecule has 1 aliphatic heterocycles. The molecule has 0 radical (unpaired) electrons. The number of rotatable bonds is 1. The number of ether oxygens (including phenoxy) is 1. The molecule has 6 atom stereocenters. The van der Waals surface area contributed by atoms with Crippen molar-refractivity contribution < 1.29 is 9.53 Å². The number of fused-ring (bicyclic) bond motifs is 1. The molecular weight excluding hydrogens is 214 g/mol. The van der Waals surface area contributed by atoms with E-state index in [-0.39, 0.29) is 35.2 Å². The van der Waals surface area contributed by atoms with E-state index >= 15 is 0 Å². The van der Waals surface area contributed by atoms with Gasteiger partial charge in [-0.15, -0.1) is 6.58 Å². The van der Waals surface area contributed by atoms with Crippen LogP contribution in [0.5, 0.6) is 0 Å². The van der Waals surface area contributed by atoms with Crippen molar-refractivity contribution in [2.75, 3.05) is 0 Å². The Balaban J connectivity index is 2.05. The number of esters is 1. The first kappa shape index (κ1) is 10.8. The Bertz CT molecular complexity index is 424. The van der Waals surface area contributed by atoms with Crippen LogP contribution in [0, 0.1) is 40.4 Å². The number of hydrogen-bond acceptors (Lipinski definition) is 3. The Morgan fingerprint density at radius 1 is 1.59 bits per heavy atom. The molecule has 3 rings (SSSR count). The van der Waals surface area contributed by atoms with E-state index < -0.39 is 0 Å². The van der Waals surface area contributed by atoms with Crippen molar-refractivity contribution in [2.45, 2.75) is 32.3 Å². The second-order valence-electron chi connectivity index (χ2n) is 5.86. The molecule has 0 aromatic heterocycles. The van der Waals surface area contributed by atoms with Gasteiger partial charge in [-0.25, -0.2) is 0 Å². The Hall–Kier alpha value is -1.30. The summed E-state index contributed by atoms with van der Waals surface area (Å²) in [6.07, 6.45) is 4.48. The first-order valence-electron chi connectivity index (χ1n) is 6.35. The summed E-state index contributed by atoms with van der Waals surface area (Å²) < 4.78 is 5.50. The van der Waals surface area contributed by atoms with E-state index in [2.05, 4.69) is 12.6 Å². The number of hydrogen-bond donors (Lipinski definition) is 0. The van der Waals surface area contributed by atoms with Gasteiger partial charge >= 0.3 is 5.97 Å². The quantitative estimate of drug-likeness (QED) is 0.514. The highest BCUT2D eigenvalue weighted by atomic mass is 16.6. The number of carbonyl (C=O) groups is 1. The largest absolute Gasteiger partial charge is 0.462 e. The van der Waals surface area contributed by atoms with Crippen molar-refractivity contribution in [3.63, 3.8) is 0 Å². The van der Waals surface area contributed by atoms with Crippen LogP contribution in [0.3, 0.4) is 0 Å². The van der Waals surface area contributed by atoms with Crippen LogP contribution in [-0.4, -0.2) is 12.1 Å². The van der Waals surface area contributed by atoms with Gasteiger partial charge in [0.05, 0.1) is 17.4 Å². The Morgan fingerprint density at radius 2 is 2.35 bits per heavy atom. The maximum absolute atomic E-state index is 12.2. The second kappa shape index (κ2) is 3.35. The minimum atomic E-state index is -0.365. The third kappa shape index (κ3) is 1.19. The molecule has 0 aromatic carbocycles. The fraction of sp³-hybridized carbons (Fsp3) is 0.714. The van der Waals surface area contributed by atoms with Gasteiger partial charge in [-0.3, -0.25) is 4.79 Å². The van der Waals surface area contributed by atoms with Crippen LogP contribution in [0.15, 0.2) is 12.7 Å². The molecule has 2 bridgehead atoms. The third-order valence-corrected chi connectivity index (χ3v) is 5.19. The van der Waals surface area contributed by atoms with Crippen molar-refractivity contribution in [2.24, 2.45) is 29.1 Å². The molecule has 90 valence electrons. The molecule has 1 heterocycles. The molecule has 1 spiro atoms. The minimum absolute atomic E-state index is 0.0352. The monoisotopic (exact) mass is 231 g/mol. The summed E-state index contributed by atoms with van der Waals surface area (Å²) in [7, 11) is 0. The number of allylic oxidation sites excluding steroid dienone is 1. The minimum Gasteiger partial charge on any atom is -0.462 e. The Kier molecular flexibility index (Phi) is 2.13. The lowest BCUT2D eigenvalue weighted by Crippen LogP contribution is -2.42. The van der Waals surface area contributed by atoms with Crippen LogP contribution in [0.2, 0.25) is 0 Å². The number of nitriles is 1. The van der Waals surface area contributed by atoms with Crippen molar-refractivity contribution in [1.82, 2.24) is 0 Å². The lowest BCUT2D eigenvalue weighted by atomic mass is 9.61. The first-order valence-corrected chi connectivity index (χ1v) is 6.35. The lowest BCUT2D eigenvalue weighted by Gasteiger charge is -2.37. The van der Waals surface area contributed by atoms with E-state index in [0.29, 0.717) is 5.92 Å². The van der Waals surface area contributed by atoms with Crippen molar-refractivity contribution in [3.05, 3.63) is 12.7 Å². The van der Waals surface area contributed by atoms with E-state index in [0.717, 1.165) is 19.3 Å². The van der Waals surface area contributed by atoms with E-state index in [9.17, 15) is 10.1 Å². The summed E-state index contributed by atoms with van der Waals surface area (Å²) in [4.78, 5) is 12.2. The number of carbonyl (C=O) groups excluding carboxylic acids is 1. The van der Waals surface area contributed by atoms with Gasteiger partial charge in [0.15, 0.2) is 0 Å². The zero-order chi connectivity index (χ0) is 12.2. The molecular formula is C14H17NO2.